The van der Waals surface area contributed by atoms with E-state index in [4.69, 9.17) is 9.68 Å². The molecule has 0 saturated heterocycles. The summed E-state index contributed by atoms with van der Waals surface area (Å²) >= 11 is 0. The first-order valence-electron chi connectivity index (χ1n) is 7.96. The molecule has 4 rings (SSSR count). The minimum atomic E-state index is 0.560. The van der Waals surface area contributed by atoms with Crippen LogP contribution in [-0.2, 0) is 0 Å². The zero-order chi connectivity index (χ0) is 17.1. The van der Waals surface area contributed by atoms with Crippen LogP contribution in [0.1, 0.15) is 17.0 Å². The Morgan fingerprint density at radius 2 is 1.64 bits per heavy atom. The molecule has 3 nitrogen and oxygen atoms in total. The lowest BCUT2D eigenvalue weighted by molar-refractivity contribution is 0.590. The van der Waals surface area contributed by atoms with Gasteiger partial charge in [-0.15, -0.1) is 0 Å². The molecule has 0 aliphatic rings. The highest BCUT2D eigenvalue weighted by atomic mass is 16.3. The normalized spacial score (nSPS) is 11.0. The van der Waals surface area contributed by atoms with E-state index in [0.717, 1.165) is 27.8 Å². The zero-order valence-electron chi connectivity index (χ0n) is 13.4. The quantitative estimate of drug-likeness (QED) is 0.498. The second kappa shape index (κ2) is 6.46. The molecule has 0 atom stereocenters. The fourth-order valence-corrected chi connectivity index (χ4v) is 2.66. The molecule has 0 radical (unpaired) electrons. The smallest absolute Gasteiger partial charge is 0.220 e. The van der Waals surface area contributed by atoms with Crippen LogP contribution < -0.4 is 0 Å². The van der Waals surface area contributed by atoms with Crippen LogP contribution in [0.2, 0.25) is 0 Å². The molecule has 3 heteroatoms. The highest BCUT2D eigenvalue weighted by molar-refractivity contribution is 5.82. The number of oxazole rings is 1. The lowest BCUT2D eigenvalue weighted by Crippen LogP contribution is -1.77. The van der Waals surface area contributed by atoms with E-state index in [-0.39, 0.29) is 0 Å². The Morgan fingerprint density at radius 1 is 0.840 bits per heavy atom. The monoisotopic (exact) mass is 322 g/mol. The Bertz CT molecular complexity index is 1080. The standard InChI is InChI=1S/C22H14N2O/c23-15-17-8-6-16(7-9-17)10-13-22-24-20-14-19(11-12-21(20)25-22)18-4-2-1-3-5-18/h1-14H. The summed E-state index contributed by atoms with van der Waals surface area (Å²) in [6.07, 6.45) is 3.76. The highest BCUT2D eigenvalue weighted by Crippen LogP contribution is 2.25. The second-order valence-electron chi connectivity index (χ2n) is 5.67. The van der Waals surface area contributed by atoms with Crippen LogP contribution in [0.5, 0.6) is 0 Å². The van der Waals surface area contributed by atoms with Gasteiger partial charge in [-0.1, -0.05) is 48.5 Å². The van der Waals surface area contributed by atoms with Gasteiger partial charge in [-0.25, -0.2) is 4.98 Å². The van der Waals surface area contributed by atoms with E-state index >= 15 is 0 Å². The molecule has 0 fully saturated rings. The van der Waals surface area contributed by atoms with Gasteiger partial charge in [0.2, 0.25) is 5.89 Å². The molecule has 0 bridgehead atoms. The van der Waals surface area contributed by atoms with Crippen LogP contribution >= 0.6 is 0 Å². The van der Waals surface area contributed by atoms with Gasteiger partial charge in [-0.05, 0) is 47.0 Å². The third-order valence-electron chi connectivity index (χ3n) is 3.97. The van der Waals surface area contributed by atoms with Gasteiger partial charge < -0.3 is 4.42 Å². The van der Waals surface area contributed by atoms with Gasteiger partial charge in [0.1, 0.15) is 5.52 Å². The number of benzene rings is 3. The fraction of sp³-hybridized carbons (Fsp3) is 0. The summed E-state index contributed by atoms with van der Waals surface area (Å²) in [7, 11) is 0. The third kappa shape index (κ3) is 3.19. The van der Waals surface area contributed by atoms with E-state index in [0.29, 0.717) is 11.5 Å². The van der Waals surface area contributed by atoms with Gasteiger partial charge in [0, 0.05) is 6.08 Å². The molecule has 118 valence electrons. The lowest BCUT2D eigenvalue weighted by atomic mass is 10.1. The number of rotatable bonds is 3. The van der Waals surface area contributed by atoms with Gasteiger partial charge in [0.05, 0.1) is 11.6 Å². The van der Waals surface area contributed by atoms with Crippen LogP contribution in [0.25, 0.3) is 34.4 Å². The third-order valence-corrected chi connectivity index (χ3v) is 3.97. The largest absolute Gasteiger partial charge is 0.437 e. The van der Waals surface area contributed by atoms with Gasteiger partial charge >= 0.3 is 0 Å². The summed E-state index contributed by atoms with van der Waals surface area (Å²) in [6, 6.07) is 25.7. The first kappa shape index (κ1) is 14.9. The summed E-state index contributed by atoms with van der Waals surface area (Å²) in [5, 5.41) is 8.83. The molecule has 0 aliphatic heterocycles. The summed E-state index contributed by atoms with van der Waals surface area (Å²) in [4.78, 5) is 4.54. The van der Waals surface area contributed by atoms with E-state index in [1.807, 2.05) is 60.7 Å². The molecular weight excluding hydrogens is 308 g/mol. The Balaban J connectivity index is 1.62. The maximum atomic E-state index is 8.83. The van der Waals surface area contributed by atoms with Crippen LogP contribution in [-0.4, -0.2) is 4.98 Å². The Morgan fingerprint density at radius 3 is 2.40 bits per heavy atom. The van der Waals surface area contributed by atoms with Crippen LogP contribution in [0.4, 0.5) is 0 Å². The Labute approximate surface area is 145 Å². The molecule has 0 amide bonds. The molecule has 3 aromatic carbocycles. The predicted octanol–water partition coefficient (Wildman–Crippen LogP) is 5.54. The number of nitrogens with zero attached hydrogens (tertiary/aromatic N) is 2. The first-order valence-corrected chi connectivity index (χ1v) is 7.96. The van der Waals surface area contributed by atoms with E-state index < -0.39 is 0 Å². The maximum Gasteiger partial charge on any atom is 0.220 e. The van der Waals surface area contributed by atoms with Gasteiger partial charge in [-0.2, -0.15) is 5.26 Å². The molecule has 1 heterocycles. The van der Waals surface area contributed by atoms with Gasteiger partial charge in [0.25, 0.3) is 0 Å². The topological polar surface area (TPSA) is 49.8 Å². The van der Waals surface area contributed by atoms with Crippen molar-refractivity contribution in [1.82, 2.24) is 4.98 Å². The molecule has 0 unspecified atom stereocenters. The SMILES string of the molecule is N#Cc1ccc(C=Cc2nc3cc(-c4ccccc4)ccc3o2)cc1. The van der Waals surface area contributed by atoms with E-state index in [1.54, 1.807) is 12.1 Å². The minimum absolute atomic E-state index is 0.560. The Hall–Kier alpha value is -3.64. The zero-order valence-corrected chi connectivity index (χ0v) is 13.4. The number of hydrogen-bond acceptors (Lipinski definition) is 3. The lowest BCUT2D eigenvalue weighted by Gasteiger charge is -1.99. The van der Waals surface area contributed by atoms with Crippen LogP contribution in [0.3, 0.4) is 0 Å². The van der Waals surface area contributed by atoms with E-state index in [2.05, 4.69) is 23.2 Å². The van der Waals surface area contributed by atoms with Gasteiger partial charge in [0.15, 0.2) is 5.58 Å². The number of fused-ring (bicyclic) bond motifs is 1. The molecule has 25 heavy (non-hydrogen) atoms. The second-order valence-corrected chi connectivity index (χ2v) is 5.67. The van der Waals surface area contributed by atoms with Gasteiger partial charge in [-0.3, -0.25) is 0 Å². The Kier molecular flexibility index (Phi) is 3.86. The fourth-order valence-electron chi connectivity index (χ4n) is 2.66. The summed E-state index contributed by atoms with van der Waals surface area (Å²) < 4.78 is 5.78. The van der Waals surface area contributed by atoms with Crippen molar-refractivity contribution in [2.24, 2.45) is 0 Å². The maximum absolute atomic E-state index is 8.83. The number of hydrogen-bond donors (Lipinski definition) is 0. The number of aromatic nitrogens is 1. The van der Waals surface area contributed by atoms with Crippen LogP contribution in [0, 0.1) is 11.3 Å². The van der Waals surface area contributed by atoms with Crippen molar-refractivity contribution in [2.75, 3.05) is 0 Å². The van der Waals surface area contributed by atoms with E-state index in [1.165, 1.54) is 0 Å². The van der Waals surface area contributed by atoms with Crippen molar-refractivity contribution in [2.45, 2.75) is 0 Å². The predicted molar refractivity (Wildman–Crippen MR) is 99.5 cm³/mol. The summed E-state index contributed by atoms with van der Waals surface area (Å²) in [5.74, 6) is 0.560. The molecule has 0 spiro atoms. The highest BCUT2D eigenvalue weighted by Gasteiger charge is 2.05. The number of nitriles is 1. The molecule has 0 aliphatic carbocycles. The van der Waals surface area contributed by atoms with Crippen molar-refractivity contribution in [3.05, 3.63) is 89.8 Å². The summed E-state index contributed by atoms with van der Waals surface area (Å²) in [5.41, 5.74) is 5.50. The average molecular weight is 322 g/mol. The first-order chi connectivity index (χ1) is 12.3. The van der Waals surface area contributed by atoms with Crippen molar-refractivity contribution in [3.63, 3.8) is 0 Å². The average Bonchev–Trinajstić information content (AvgIpc) is 3.09. The van der Waals surface area contributed by atoms with Crippen molar-refractivity contribution >= 4 is 23.3 Å². The summed E-state index contributed by atoms with van der Waals surface area (Å²) in [6.45, 7) is 0. The van der Waals surface area contributed by atoms with Crippen molar-refractivity contribution < 1.29 is 4.42 Å². The molecular formula is C22H14N2O. The van der Waals surface area contributed by atoms with Crippen molar-refractivity contribution in [3.8, 4) is 17.2 Å². The minimum Gasteiger partial charge on any atom is -0.437 e. The molecule has 0 N–H and O–H groups in total. The van der Waals surface area contributed by atoms with E-state index in [9.17, 15) is 0 Å². The molecule has 4 aromatic rings. The molecule has 0 saturated carbocycles. The van der Waals surface area contributed by atoms with Crippen LogP contribution in [0.15, 0.2) is 77.2 Å². The van der Waals surface area contributed by atoms with Crippen molar-refractivity contribution in [1.29, 1.82) is 5.26 Å². The molecule has 1 aromatic heterocycles.